The van der Waals surface area contributed by atoms with Crippen LogP contribution in [-0.4, -0.2) is 51.6 Å². The van der Waals surface area contributed by atoms with E-state index in [1.165, 1.54) is 26.2 Å². The van der Waals surface area contributed by atoms with Crippen LogP contribution in [0.3, 0.4) is 0 Å². The lowest BCUT2D eigenvalue weighted by atomic mass is 10.1. The second-order valence-electron chi connectivity index (χ2n) is 6.13. The molecule has 0 bridgehead atoms. The number of ether oxygens (including phenoxy) is 3. The number of rotatable bonds is 8. The maximum atomic E-state index is 12.9. The first-order valence-electron chi connectivity index (χ1n) is 8.88. The second kappa shape index (κ2) is 9.64. The minimum atomic E-state index is -0.364. The average Bonchev–Trinajstić information content (AvgIpc) is 2.72. The number of anilines is 1. The molecule has 2 amide bonds. The van der Waals surface area contributed by atoms with Crippen molar-refractivity contribution in [1.29, 1.82) is 0 Å². The maximum absolute atomic E-state index is 12.9. The summed E-state index contributed by atoms with van der Waals surface area (Å²) in [6, 6.07) is 10.7. The van der Waals surface area contributed by atoms with Crippen LogP contribution in [0.1, 0.15) is 22.8 Å². The largest absolute Gasteiger partial charge is 0.496 e. The van der Waals surface area contributed by atoms with E-state index < -0.39 is 0 Å². The Labute approximate surface area is 165 Å². The highest BCUT2D eigenvalue weighted by atomic mass is 16.5. The van der Waals surface area contributed by atoms with Crippen molar-refractivity contribution in [3.8, 4) is 17.2 Å². The summed E-state index contributed by atoms with van der Waals surface area (Å²) in [6.07, 6.45) is 0.800. The van der Waals surface area contributed by atoms with Gasteiger partial charge in [0, 0.05) is 24.9 Å². The number of nitrogens with one attached hydrogen (secondary N) is 1. The molecule has 1 N–H and O–H groups in total. The Hall–Kier alpha value is -3.22. The van der Waals surface area contributed by atoms with E-state index in [4.69, 9.17) is 14.2 Å². The van der Waals surface area contributed by atoms with Gasteiger partial charge < -0.3 is 24.4 Å². The van der Waals surface area contributed by atoms with E-state index in [-0.39, 0.29) is 23.9 Å². The lowest BCUT2D eigenvalue weighted by Crippen LogP contribution is -2.35. The van der Waals surface area contributed by atoms with Gasteiger partial charge in [0.15, 0.2) is 11.5 Å². The summed E-state index contributed by atoms with van der Waals surface area (Å²) in [6.45, 7) is 1.92. The van der Waals surface area contributed by atoms with Gasteiger partial charge in [-0.25, -0.2) is 0 Å². The van der Waals surface area contributed by atoms with E-state index in [1.54, 1.807) is 19.2 Å². The molecule has 0 fully saturated rings. The number of hydrogen-bond acceptors (Lipinski definition) is 5. The van der Waals surface area contributed by atoms with E-state index >= 15 is 0 Å². The van der Waals surface area contributed by atoms with E-state index in [0.29, 0.717) is 17.2 Å². The highest BCUT2D eigenvalue weighted by Crippen LogP contribution is 2.35. The zero-order valence-corrected chi connectivity index (χ0v) is 16.9. The van der Waals surface area contributed by atoms with Crippen molar-refractivity contribution in [3.63, 3.8) is 0 Å². The van der Waals surface area contributed by atoms with E-state index in [2.05, 4.69) is 5.32 Å². The zero-order chi connectivity index (χ0) is 20.7. The van der Waals surface area contributed by atoms with Crippen LogP contribution in [0.2, 0.25) is 0 Å². The van der Waals surface area contributed by atoms with Crippen molar-refractivity contribution in [2.45, 2.75) is 13.3 Å². The fraction of sp³-hybridized carbons (Fsp3) is 0.333. The summed E-state index contributed by atoms with van der Waals surface area (Å²) in [5, 5.41) is 2.86. The summed E-state index contributed by atoms with van der Waals surface area (Å²) < 4.78 is 15.8. The van der Waals surface area contributed by atoms with Crippen LogP contribution in [0, 0.1) is 0 Å². The Kier molecular flexibility index (Phi) is 7.26. The van der Waals surface area contributed by atoms with Crippen LogP contribution < -0.4 is 19.5 Å². The smallest absolute Gasteiger partial charge is 0.257 e. The van der Waals surface area contributed by atoms with E-state index in [1.807, 2.05) is 31.2 Å². The molecule has 0 aliphatic heterocycles. The van der Waals surface area contributed by atoms with Gasteiger partial charge in [-0.2, -0.15) is 0 Å². The summed E-state index contributed by atoms with van der Waals surface area (Å²) in [4.78, 5) is 26.6. The lowest BCUT2D eigenvalue weighted by molar-refractivity contribution is -0.116. The van der Waals surface area contributed by atoms with E-state index in [9.17, 15) is 9.59 Å². The molecular formula is C21H26N2O5. The standard InChI is InChI=1S/C21H26N2O5/c1-6-14-9-7-8-10-16(14)22-20(24)13-23(2)21(25)15-11-18(27-4)19(28-5)12-17(15)26-3/h7-12H,6,13H2,1-5H3,(H,22,24). The Morgan fingerprint density at radius 3 is 2.18 bits per heavy atom. The molecular weight excluding hydrogens is 360 g/mol. The van der Waals surface area contributed by atoms with Crippen LogP contribution in [-0.2, 0) is 11.2 Å². The fourth-order valence-corrected chi connectivity index (χ4v) is 2.83. The first kappa shape index (κ1) is 21.1. The SMILES string of the molecule is CCc1ccccc1NC(=O)CN(C)C(=O)c1cc(OC)c(OC)cc1OC. The van der Waals surface area contributed by atoms with Gasteiger partial charge in [0.05, 0.1) is 33.4 Å². The fourth-order valence-electron chi connectivity index (χ4n) is 2.83. The van der Waals surface area contributed by atoms with Crippen molar-refractivity contribution in [1.82, 2.24) is 4.90 Å². The molecule has 7 heteroatoms. The van der Waals surface area contributed by atoms with Gasteiger partial charge in [-0.3, -0.25) is 9.59 Å². The molecule has 0 radical (unpaired) electrons. The molecule has 2 rings (SSSR count). The van der Waals surface area contributed by atoms with Crippen molar-refractivity contribution < 1.29 is 23.8 Å². The number of likely N-dealkylation sites (N-methyl/N-ethyl adjacent to an activating group) is 1. The van der Waals surface area contributed by atoms with Gasteiger partial charge in [0.2, 0.25) is 5.91 Å². The summed E-state index contributed by atoms with van der Waals surface area (Å²) in [5.74, 6) is 0.549. The molecule has 150 valence electrons. The molecule has 2 aromatic carbocycles. The maximum Gasteiger partial charge on any atom is 0.257 e. The number of carbonyl (C=O) groups excluding carboxylic acids is 2. The molecule has 28 heavy (non-hydrogen) atoms. The van der Waals surface area contributed by atoms with Gasteiger partial charge in [-0.05, 0) is 18.1 Å². The zero-order valence-electron chi connectivity index (χ0n) is 16.9. The quantitative estimate of drug-likeness (QED) is 0.755. The minimum Gasteiger partial charge on any atom is -0.496 e. The van der Waals surface area contributed by atoms with Gasteiger partial charge in [-0.1, -0.05) is 25.1 Å². The number of carbonyl (C=O) groups is 2. The van der Waals surface area contributed by atoms with Crippen LogP contribution in [0.25, 0.3) is 0 Å². The number of para-hydroxylation sites is 1. The predicted octanol–water partition coefficient (Wildman–Crippen LogP) is 2.99. The molecule has 0 aromatic heterocycles. The third kappa shape index (κ3) is 4.73. The highest BCUT2D eigenvalue weighted by molar-refractivity contribution is 6.01. The number of amides is 2. The topological polar surface area (TPSA) is 77.1 Å². The molecule has 0 heterocycles. The molecule has 0 aliphatic carbocycles. The molecule has 0 atom stereocenters. The molecule has 0 saturated heterocycles. The molecule has 0 saturated carbocycles. The summed E-state index contributed by atoms with van der Waals surface area (Å²) in [5.41, 5.74) is 2.07. The molecule has 0 aliphatic rings. The second-order valence-corrected chi connectivity index (χ2v) is 6.13. The number of hydrogen-bond donors (Lipinski definition) is 1. The molecule has 0 spiro atoms. The summed E-state index contributed by atoms with van der Waals surface area (Å²) in [7, 11) is 6.01. The van der Waals surface area contributed by atoms with Gasteiger partial charge in [0.1, 0.15) is 5.75 Å². The van der Waals surface area contributed by atoms with Crippen LogP contribution in [0.15, 0.2) is 36.4 Å². The van der Waals surface area contributed by atoms with Gasteiger partial charge >= 0.3 is 0 Å². The number of nitrogens with zero attached hydrogens (tertiary/aromatic N) is 1. The number of aryl methyl sites for hydroxylation is 1. The van der Waals surface area contributed by atoms with Gasteiger partial charge in [-0.15, -0.1) is 0 Å². The van der Waals surface area contributed by atoms with Crippen LogP contribution >= 0.6 is 0 Å². The van der Waals surface area contributed by atoms with Crippen molar-refractivity contribution >= 4 is 17.5 Å². The van der Waals surface area contributed by atoms with Crippen molar-refractivity contribution in [3.05, 3.63) is 47.5 Å². The summed E-state index contributed by atoms with van der Waals surface area (Å²) >= 11 is 0. The third-order valence-corrected chi connectivity index (χ3v) is 4.34. The molecule has 7 nitrogen and oxygen atoms in total. The highest BCUT2D eigenvalue weighted by Gasteiger charge is 2.22. The Morgan fingerprint density at radius 2 is 1.57 bits per heavy atom. The van der Waals surface area contributed by atoms with E-state index in [0.717, 1.165) is 17.7 Å². The van der Waals surface area contributed by atoms with Gasteiger partial charge in [0.25, 0.3) is 5.91 Å². The first-order valence-corrected chi connectivity index (χ1v) is 8.88. The van der Waals surface area contributed by atoms with Crippen molar-refractivity contribution in [2.24, 2.45) is 0 Å². The molecule has 2 aromatic rings. The van der Waals surface area contributed by atoms with Crippen LogP contribution in [0.4, 0.5) is 5.69 Å². The number of methoxy groups -OCH3 is 3. The minimum absolute atomic E-state index is 0.103. The predicted molar refractivity (Wildman–Crippen MR) is 108 cm³/mol. The monoisotopic (exact) mass is 386 g/mol. The average molecular weight is 386 g/mol. The Morgan fingerprint density at radius 1 is 0.964 bits per heavy atom. The first-order chi connectivity index (χ1) is 13.4. The lowest BCUT2D eigenvalue weighted by Gasteiger charge is -2.20. The Balaban J connectivity index is 2.17. The normalized spacial score (nSPS) is 10.2. The Bertz CT molecular complexity index is 851. The molecule has 0 unspecified atom stereocenters. The number of benzene rings is 2. The van der Waals surface area contributed by atoms with Crippen molar-refractivity contribution in [2.75, 3.05) is 40.2 Å². The third-order valence-electron chi connectivity index (χ3n) is 4.34. The van der Waals surface area contributed by atoms with Crippen LogP contribution in [0.5, 0.6) is 17.2 Å².